The summed E-state index contributed by atoms with van der Waals surface area (Å²) in [6, 6.07) is 17.0. The molecule has 11 heteroatoms. The van der Waals surface area contributed by atoms with Crippen LogP contribution in [0.2, 0.25) is 0 Å². The summed E-state index contributed by atoms with van der Waals surface area (Å²) in [7, 11) is 0. The van der Waals surface area contributed by atoms with Crippen molar-refractivity contribution in [3.05, 3.63) is 93.0 Å². The minimum Gasteiger partial charge on any atom is -0.342 e. The number of amides is 1. The first-order chi connectivity index (χ1) is 18.5. The Morgan fingerprint density at radius 3 is 1.72 bits per heavy atom. The number of nitro benzene ring substituents is 1. The number of carbonyl (C=O) groups is 1. The van der Waals surface area contributed by atoms with Crippen molar-refractivity contribution in [1.29, 1.82) is 0 Å². The lowest BCUT2D eigenvalue weighted by Crippen LogP contribution is -2.32. The van der Waals surface area contributed by atoms with E-state index < -0.39 is 16.9 Å². The summed E-state index contributed by atoms with van der Waals surface area (Å²) < 4.78 is 0. The first-order valence-electron chi connectivity index (χ1n) is 12.3. The standard InChI is InChI=1S/C28H30N8O3/c1-16-9-17(2)12-22(11-16)31-27-33-26(34-28(35-27)32-23-13-18(3)10-19(4)14-23)29-20(5)25(37)30-21-7-6-8-24(15-21)36(38)39/h6-15,20H,1-5H3,(H,30,37)(H3,29,31,32,33,34,35). The van der Waals surface area contributed by atoms with Gasteiger partial charge in [-0.1, -0.05) is 18.2 Å². The van der Waals surface area contributed by atoms with Crippen LogP contribution in [0.5, 0.6) is 0 Å². The lowest BCUT2D eigenvalue weighted by atomic mass is 10.1. The molecule has 1 heterocycles. The molecule has 1 aromatic heterocycles. The first kappa shape index (κ1) is 27.0. The Labute approximate surface area is 226 Å². The molecule has 4 rings (SSSR count). The molecule has 4 N–H and O–H groups in total. The van der Waals surface area contributed by atoms with Crippen molar-refractivity contribution in [2.24, 2.45) is 0 Å². The topological polar surface area (TPSA) is 147 Å². The average Bonchev–Trinajstić information content (AvgIpc) is 2.82. The molecule has 0 fully saturated rings. The molecular formula is C28H30N8O3. The van der Waals surface area contributed by atoms with Crippen LogP contribution in [-0.4, -0.2) is 31.8 Å². The van der Waals surface area contributed by atoms with Gasteiger partial charge in [0, 0.05) is 29.2 Å². The maximum atomic E-state index is 12.9. The highest BCUT2D eigenvalue weighted by Gasteiger charge is 2.17. The number of rotatable bonds is 9. The molecule has 0 saturated heterocycles. The minimum atomic E-state index is -0.769. The molecule has 11 nitrogen and oxygen atoms in total. The van der Waals surface area contributed by atoms with Crippen molar-refractivity contribution in [3.63, 3.8) is 0 Å². The van der Waals surface area contributed by atoms with Gasteiger partial charge in [-0.3, -0.25) is 14.9 Å². The Morgan fingerprint density at radius 1 is 0.744 bits per heavy atom. The number of aromatic nitrogens is 3. The number of carbonyl (C=O) groups excluding carboxylic acids is 1. The molecule has 4 aromatic rings. The van der Waals surface area contributed by atoms with Crippen molar-refractivity contribution in [1.82, 2.24) is 15.0 Å². The molecule has 0 spiro atoms. The van der Waals surface area contributed by atoms with E-state index in [1.165, 1.54) is 18.2 Å². The second-order valence-corrected chi connectivity index (χ2v) is 9.47. The van der Waals surface area contributed by atoms with E-state index in [4.69, 9.17) is 0 Å². The molecule has 1 amide bonds. The lowest BCUT2D eigenvalue weighted by molar-refractivity contribution is -0.384. The van der Waals surface area contributed by atoms with Gasteiger partial charge in [0.2, 0.25) is 23.8 Å². The summed E-state index contributed by atoms with van der Waals surface area (Å²) in [4.78, 5) is 36.9. The molecule has 39 heavy (non-hydrogen) atoms. The Morgan fingerprint density at radius 2 is 1.23 bits per heavy atom. The summed E-state index contributed by atoms with van der Waals surface area (Å²) in [6.07, 6.45) is 0. The second-order valence-electron chi connectivity index (χ2n) is 9.47. The van der Waals surface area contributed by atoms with E-state index in [1.54, 1.807) is 13.0 Å². The Balaban J connectivity index is 1.59. The highest BCUT2D eigenvalue weighted by molar-refractivity contribution is 5.96. The summed E-state index contributed by atoms with van der Waals surface area (Å²) in [6.45, 7) is 9.67. The molecule has 0 saturated carbocycles. The van der Waals surface area contributed by atoms with Crippen LogP contribution in [0.1, 0.15) is 29.2 Å². The molecule has 200 valence electrons. The molecule has 1 atom stereocenters. The fourth-order valence-corrected chi connectivity index (χ4v) is 4.11. The van der Waals surface area contributed by atoms with E-state index >= 15 is 0 Å². The number of non-ortho nitro benzene ring substituents is 1. The van der Waals surface area contributed by atoms with Crippen LogP contribution < -0.4 is 21.3 Å². The Kier molecular flexibility index (Phi) is 7.99. The summed E-state index contributed by atoms with van der Waals surface area (Å²) in [5.41, 5.74) is 6.18. The summed E-state index contributed by atoms with van der Waals surface area (Å²) >= 11 is 0. The van der Waals surface area contributed by atoms with Gasteiger partial charge in [0.25, 0.3) is 5.69 Å². The van der Waals surface area contributed by atoms with Crippen LogP contribution >= 0.6 is 0 Å². The van der Waals surface area contributed by atoms with Crippen LogP contribution in [0, 0.1) is 37.8 Å². The van der Waals surface area contributed by atoms with Gasteiger partial charge < -0.3 is 21.3 Å². The number of aryl methyl sites for hydroxylation is 4. The van der Waals surface area contributed by atoms with Crippen LogP contribution in [0.3, 0.4) is 0 Å². The van der Waals surface area contributed by atoms with Crippen LogP contribution in [-0.2, 0) is 4.79 Å². The fraction of sp³-hybridized carbons (Fsp3) is 0.214. The summed E-state index contributed by atoms with van der Waals surface area (Å²) in [5, 5.41) is 23.2. The highest BCUT2D eigenvalue weighted by atomic mass is 16.6. The molecule has 0 aliphatic carbocycles. The van der Waals surface area contributed by atoms with Gasteiger partial charge in [-0.15, -0.1) is 0 Å². The van der Waals surface area contributed by atoms with Gasteiger partial charge in [0.1, 0.15) is 6.04 Å². The predicted molar refractivity (Wildman–Crippen MR) is 153 cm³/mol. The zero-order valence-corrected chi connectivity index (χ0v) is 22.4. The van der Waals surface area contributed by atoms with E-state index in [0.717, 1.165) is 33.6 Å². The van der Waals surface area contributed by atoms with Crippen molar-refractivity contribution in [2.75, 3.05) is 21.3 Å². The average molecular weight is 527 g/mol. The van der Waals surface area contributed by atoms with Gasteiger partial charge in [-0.25, -0.2) is 0 Å². The molecule has 0 aliphatic rings. The summed E-state index contributed by atoms with van der Waals surface area (Å²) in [5.74, 6) is 0.334. The van der Waals surface area contributed by atoms with Gasteiger partial charge in [0.15, 0.2) is 0 Å². The van der Waals surface area contributed by atoms with Crippen LogP contribution in [0.25, 0.3) is 0 Å². The van der Waals surface area contributed by atoms with Gasteiger partial charge in [0.05, 0.1) is 4.92 Å². The minimum absolute atomic E-state index is 0.116. The maximum Gasteiger partial charge on any atom is 0.271 e. The monoisotopic (exact) mass is 526 g/mol. The van der Waals surface area contributed by atoms with Crippen molar-refractivity contribution < 1.29 is 9.72 Å². The maximum absolute atomic E-state index is 12.9. The normalized spacial score (nSPS) is 11.4. The predicted octanol–water partition coefficient (Wildman–Crippen LogP) is 5.94. The van der Waals surface area contributed by atoms with E-state index in [9.17, 15) is 14.9 Å². The molecular weight excluding hydrogens is 496 g/mol. The molecule has 0 aliphatic heterocycles. The first-order valence-corrected chi connectivity index (χ1v) is 12.3. The number of anilines is 6. The second kappa shape index (κ2) is 11.5. The third-order valence-corrected chi connectivity index (χ3v) is 5.65. The van der Waals surface area contributed by atoms with Crippen molar-refractivity contribution in [3.8, 4) is 0 Å². The van der Waals surface area contributed by atoms with Crippen molar-refractivity contribution >= 4 is 46.5 Å². The molecule has 0 radical (unpaired) electrons. The third-order valence-electron chi connectivity index (χ3n) is 5.65. The SMILES string of the molecule is Cc1cc(C)cc(Nc2nc(Nc3cc(C)cc(C)c3)nc(NC(C)C(=O)Nc3cccc([N+](=O)[O-])c3)n2)c1. The number of benzene rings is 3. The highest BCUT2D eigenvalue weighted by Crippen LogP contribution is 2.23. The number of hydrogen-bond donors (Lipinski definition) is 4. The van der Waals surface area contributed by atoms with E-state index in [1.807, 2.05) is 52.0 Å². The van der Waals surface area contributed by atoms with Crippen LogP contribution in [0.15, 0.2) is 60.7 Å². The molecule has 0 bridgehead atoms. The third kappa shape index (κ3) is 7.48. The number of nitrogens with zero attached hydrogens (tertiary/aromatic N) is 4. The van der Waals surface area contributed by atoms with Gasteiger partial charge in [-0.2, -0.15) is 15.0 Å². The number of nitrogens with one attached hydrogen (secondary N) is 4. The largest absolute Gasteiger partial charge is 0.342 e. The smallest absolute Gasteiger partial charge is 0.271 e. The lowest BCUT2D eigenvalue weighted by Gasteiger charge is -2.16. The van der Waals surface area contributed by atoms with Crippen molar-refractivity contribution in [2.45, 2.75) is 40.7 Å². The van der Waals surface area contributed by atoms with Gasteiger partial charge >= 0.3 is 0 Å². The zero-order chi connectivity index (χ0) is 28.1. The fourth-order valence-electron chi connectivity index (χ4n) is 4.11. The Bertz CT molecular complexity index is 1430. The molecule has 1 unspecified atom stereocenters. The molecule has 3 aromatic carbocycles. The van der Waals surface area contributed by atoms with Gasteiger partial charge in [-0.05, 0) is 87.2 Å². The van der Waals surface area contributed by atoms with E-state index in [2.05, 4.69) is 48.4 Å². The van der Waals surface area contributed by atoms with E-state index in [0.29, 0.717) is 5.69 Å². The van der Waals surface area contributed by atoms with Crippen LogP contribution in [0.4, 0.5) is 40.6 Å². The number of nitro groups is 1. The quantitative estimate of drug-likeness (QED) is 0.154. The zero-order valence-electron chi connectivity index (χ0n) is 22.4. The number of hydrogen-bond acceptors (Lipinski definition) is 9. The van der Waals surface area contributed by atoms with E-state index in [-0.39, 0.29) is 23.5 Å². The Hall–Kier alpha value is -5.06.